The lowest BCUT2D eigenvalue weighted by atomic mass is 9.77. The van der Waals surface area contributed by atoms with Gasteiger partial charge in [-0.2, -0.15) is 0 Å². The average Bonchev–Trinajstić information content (AvgIpc) is 3.33. The van der Waals surface area contributed by atoms with Crippen molar-refractivity contribution in [3.8, 4) is 5.75 Å². The van der Waals surface area contributed by atoms with E-state index in [1.165, 1.54) is 19.2 Å². The van der Waals surface area contributed by atoms with E-state index in [9.17, 15) is 27.6 Å². The summed E-state index contributed by atoms with van der Waals surface area (Å²) >= 11 is 0. The van der Waals surface area contributed by atoms with Gasteiger partial charge in [-0.1, -0.05) is 24.6 Å². The van der Waals surface area contributed by atoms with Crippen LogP contribution in [-0.2, 0) is 14.3 Å². The number of halogens is 3. The molecule has 0 radical (unpaired) electrons. The summed E-state index contributed by atoms with van der Waals surface area (Å²) in [6, 6.07) is 12.4. The second kappa shape index (κ2) is 10.6. The highest BCUT2D eigenvalue weighted by Gasteiger charge is 2.45. The predicted molar refractivity (Wildman–Crippen MR) is 125 cm³/mol. The van der Waals surface area contributed by atoms with Crippen LogP contribution in [0.25, 0.3) is 0 Å². The van der Waals surface area contributed by atoms with E-state index in [1.54, 1.807) is 4.90 Å². The van der Waals surface area contributed by atoms with Crippen molar-refractivity contribution in [2.75, 3.05) is 18.6 Å². The molecule has 10 heteroatoms. The summed E-state index contributed by atoms with van der Waals surface area (Å²) in [4.78, 5) is 39.0. The van der Waals surface area contributed by atoms with Crippen LogP contribution in [0.3, 0.4) is 0 Å². The number of alkyl halides is 3. The van der Waals surface area contributed by atoms with Gasteiger partial charge in [0.2, 0.25) is 5.91 Å². The molecule has 1 aliphatic heterocycles. The number of hydrogen-bond acceptors (Lipinski definition) is 5. The molecule has 4 rings (SSSR count). The number of nitrogens with one attached hydrogen (secondary N) is 1. The molecule has 1 aliphatic carbocycles. The lowest BCUT2D eigenvalue weighted by Crippen LogP contribution is -2.49. The van der Waals surface area contributed by atoms with E-state index in [2.05, 4.69) is 14.8 Å². The van der Waals surface area contributed by atoms with E-state index in [-0.39, 0.29) is 53.8 Å². The summed E-state index contributed by atoms with van der Waals surface area (Å²) in [5.74, 6) is -1.28. The van der Waals surface area contributed by atoms with Crippen molar-refractivity contribution in [3.63, 3.8) is 0 Å². The van der Waals surface area contributed by atoms with E-state index < -0.39 is 12.3 Å². The van der Waals surface area contributed by atoms with Gasteiger partial charge in [-0.3, -0.25) is 14.4 Å². The Balaban J connectivity index is 1.55. The number of rotatable bonds is 7. The second-order valence-electron chi connectivity index (χ2n) is 8.95. The third kappa shape index (κ3) is 5.63. The Bertz CT molecular complexity index is 1120. The van der Waals surface area contributed by atoms with E-state index in [0.717, 1.165) is 42.6 Å². The molecule has 0 bridgehead atoms. The molecule has 36 heavy (non-hydrogen) atoms. The Morgan fingerprint density at radius 1 is 1.03 bits per heavy atom. The van der Waals surface area contributed by atoms with Gasteiger partial charge in [-0.15, -0.1) is 13.2 Å². The van der Waals surface area contributed by atoms with Gasteiger partial charge in [0.05, 0.1) is 13.5 Å². The van der Waals surface area contributed by atoms with Crippen molar-refractivity contribution in [2.24, 2.45) is 5.92 Å². The molecule has 192 valence electrons. The highest BCUT2D eigenvalue weighted by atomic mass is 19.4. The van der Waals surface area contributed by atoms with E-state index in [4.69, 9.17) is 0 Å². The smallest absolute Gasteiger partial charge is 0.469 e. The first-order chi connectivity index (χ1) is 17.2. The molecule has 1 fully saturated rings. The van der Waals surface area contributed by atoms with Crippen LogP contribution in [0.4, 0.5) is 18.9 Å². The van der Waals surface area contributed by atoms with Gasteiger partial charge < -0.3 is 19.7 Å². The van der Waals surface area contributed by atoms with Crippen LogP contribution in [0.15, 0.2) is 48.5 Å². The number of carbonyl (C=O) groups excluding carboxylic acids is 3. The van der Waals surface area contributed by atoms with Crippen LogP contribution in [0, 0.1) is 5.92 Å². The SMILES string of the molecule is COC(=O)CCC(=O)NCC1c2ccccc2N(C(=O)c2ccc(OC(F)(F)F)cc2)C2CCCC12. The number of ether oxygens (including phenoxy) is 2. The summed E-state index contributed by atoms with van der Waals surface area (Å²) in [7, 11) is 1.27. The normalized spacial score (nSPS) is 20.8. The number of anilines is 1. The third-order valence-electron chi connectivity index (χ3n) is 6.83. The predicted octanol–water partition coefficient (Wildman–Crippen LogP) is 4.57. The topological polar surface area (TPSA) is 84.9 Å². The number of nitrogens with zero attached hydrogens (tertiary/aromatic N) is 1. The first-order valence-corrected chi connectivity index (χ1v) is 11.8. The van der Waals surface area contributed by atoms with E-state index >= 15 is 0 Å². The molecule has 2 aromatic carbocycles. The van der Waals surface area contributed by atoms with Gasteiger partial charge in [0, 0.05) is 36.2 Å². The molecule has 1 heterocycles. The summed E-state index contributed by atoms with van der Waals surface area (Å²) < 4.78 is 46.0. The highest BCUT2D eigenvalue weighted by Crippen LogP contribution is 2.49. The molecule has 2 aliphatic rings. The number of methoxy groups -OCH3 is 1. The summed E-state index contributed by atoms with van der Waals surface area (Å²) in [5.41, 5.74) is 1.92. The van der Waals surface area contributed by atoms with Crippen molar-refractivity contribution in [2.45, 2.75) is 50.4 Å². The number of fused-ring (bicyclic) bond motifs is 2. The van der Waals surface area contributed by atoms with Crippen molar-refractivity contribution in [3.05, 3.63) is 59.7 Å². The molecule has 3 unspecified atom stereocenters. The van der Waals surface area contributed by atoms with Gasteiger partial charge in [-0.05, 0) is 54.7 Å². The quantitative estimate of drug-likeness (QED) is 0.559. The largest absolute Gasteiger partial charge is 0.573 e. The second-order valence-corrected chi connectivity index (χ2v) is 8.95. The molecular formula is C26H27F3N2O5. The van der Waals surface area contributed by atoms with Crippen LogP contribution in [0.5, 0.6) is 5.75 Å². The van der Waals surface area contributed by atoms with Crippen molar-refractivity contribution in [1.29, 1.82) is 0 Å². The third-order valence-corrected chi connectivity index (χ3v) is 6.83. The number of esters is 1. The Morgan fingerprint density at radius 2 is 1.75 bits per heavy atom. The standard InChI is InChI=1S/C26H27F3N2O5/c1-35-24(33)14-13-23(32)30-15-20-18-5-2-3-7-21(18)31(22-8-4-6-19(20)22)25(34)16-9-11-17(12-10-16)36-26(27,28)29/h2-3,5,7,9-12,19-20,22H,4,6,8,13-15H2,1H3,(H,30,32). The van der Waals surface area contributed by atoms with Gasteiger partial charge in [0.1, 0.15) is 5.75 Å². The van der Waals surface area contributed by atoms with Crippen LogP contribution in [0.1, 0.15) is 53.9 Å². The minimum atomic E-state index is -4.81. The summed E-state index contributed by atoms with van der Waals surface area (Å²) in [6.07, 6.45) is -2.19. The lowest BCUT2D eigenvalue weighted by molar-refractivity contribution is -0.274. The fourth-order valence-electron chi connectivity index (χ4n) is 5.28. The highest BCUT2D eigenvalue weighted by molar-refractivity contribution is 6.07. The van der Waals surface area contributed by atoms with Crippen molar-refractivity contribution < 1.29 is 37.0 Å². The maximum Gasteiger partial charge on any atom is 0.573 e. The molecule has 7 nitrogen and oxygen atoms in total. The van der Waals surface area contributed by atoms with Crippen molar-refractivity contribution >= 4 is 23.5 Å². The summed E-state index contributed by atoms with van der Waals surface area (Å²) in [5, 5.41) is 2.93. The zero-order valence-corrected chi connectivity index (χ0v) is 19.7. The maximum absolute atomic E-state index is 13.6. The van der Waals surface area contributed by atoms with Crippen LogP contribution in [-0.4, -0.2) is 43.8 Å². The van der Waals surface area contributed by atoms with E-state index in [1.807, 2.05) is 24.3 Å². The number of carbonyl (C=O) groups is 3. The van der Waals surface area contributed by atoms with Gasteiger partial charge in [-0.25, -0.2) is 0 Å². The zero-order valence-electron chi connectivity index (χ0n) is 19.7. The Kier molecular flexibility index (Phi) is 7.51. The molecule has 3 atom stereocenters. The minimum absolute atomic E-state index is 0.00468. The van der Waals surface area contributed by atoms with Crippen LogP contribution < -0.4 is 15.0 Å². The molecule has 0 saturated heterocycles. The van der Waals surface area contributed by atoms with Crippen molar-refractivity contribution in [1.82, 2.24) is 5.32 Å². The molecular weight excluding hydrogens is 477 g/mol. The maximum atomic E-state index is 13.6. The number of benzene rings is 2. The first kappa shape index (κ1) is 25.5. The average molecular weight is 505 g/mol. The number of amides is 2. The molecule has 1 N–H and O–H groups in total. The fourth-order valence-corrected chi connectivity index (χ4v) is 5.28. The minimum Gasteiger partial charge on any atom is -0.469 e. The van der Waals surface area contributed by atoms with Gasteiger partial charge in [0.25, 0.3) is 5.91 Å². The van der Waals surface area contributed by atoms with Crippen LogP contribution >= 0.6 is 0 Å². The molecule has 1 saturated carbocycles. The monoisotopic (exact) mass is 504 g/mol. The van der Waals surface area contributed by atoms with Gasteiger partial charge >= 0.3 is 12.3 Å². The molecule has 0 aromatic heterocycles. The number of hydrogen-bond donors (Lipinski definition) is 1. The van der Waals surface area contributed by atoms with Gasteiger partial charge in [0.15, 0.2) is 0 Å². The Hall–Kier alpha value is -3.56. The Morgan fingerprint density at radius 3 is 2.44 bits per heavy atom. The lowest BCUT2D eigenvalue weighted by Gasteiger charge is -2.44. The van der Waals surface area contributed by atoms with E-state index in [0.29, 0.717) is 6.54 Å². The van der Waals surface area contributed by atoms with Crippen LogP contribution in [0.2, 0.25) is 0 Å². The molecule has 2 aromatic rings. The molecule has 0 spiro atoms. The zero-order chi connectivity index (χ0) is 25.9. The molecule has 2 amide bonds. The number of para-hydroxylation sites is 1. The summed E-state index contributed by atoms with van der Waals surface area (Å²) in [6.45, 7) is 0.379. The Labute approximate surface area is 206 Å². The fraction of sp³-hybridized carbons (Fsp3) is 0.423. The first-order valence-electron chi connectivity index (χ1n) is 11.8.